The fourth-order valence-electron chi connectivity index (χ4n) is 0.964. The first kappa shape index (κ1) is 6.99. The molecule has 1 atom stereocenters. The monoisotopic (exact) mass is 130 g/mol. The fourth-order valence-corrected chi connectivity index (χ4v) is 0.964. The lowest BCUT2D eigenvalue weighted by Gasteiger charge is -2.24. The van der Waals surface area contributed by atoms with Crippen molar-refractivity contribution in [2.75, 3.05) is 6.61 Å². The highest BCUT2D eigenvalue weighted by atomic mass is 16.5. The van der Waals surface area contributed by atoms with E-state index in [9.17, 15) is 0 Å². The molecule has 0 saturated carbocycles. The third-order valence-electron chi connectivity index (χ3n) is 1.47. The van der Waals surface area contributed by atoms with Gasteiger partial charge in [-0.15, -0.1) is 0 Å². The van der Waals surface area contributed by atoms with Crippen LogP contribution >= 0.6 is 0 Å². The maximum atomic E-state index is 8.61. The summed E-state index contributed by atoms with van der Waals surface area (Å²) in [5.41, 5.74) is 5.38. The summed E-state index contributed by atoms with van der Waals surface area (Å²) >= 11 is 0. The predicted molar refractivity (Wildman–Crippen MR) is 33.2 cm³/mol. The molecule has 9 heavy (non-hydrogen) atoms. The van der Waals surface area contributed by atoms with Crippen LogP contribution < -0.4 is 5.73 Å². The molecule has 1 rings (SSSR count). The van der Waals surface area contributed by atoms with Crippen LogP contribution in [0.3, 0.4) is 0 Å². The summed E-state index contributed by atoms with van der Waals surface area (Å²) in [6.45, 7) is 0.0840. The number of hydrogen-bond donors (Lipinski definition) is 2. The van der Waals surface area contributed by atoms with Gasteiger partial charge in [-0.2, -0.15) is 0 Å². The first-order valence-electron chi connectivity index (χ1n) is 3.21. The molecule has 3 heteroatoms. The molecule has 1 aliphatic rings. The van der Waals surface area contributed by atoms with Crippen LogP contribution in [0.25, 0.3) is 0 Å². The Kier molecular flexibility index (Phi) is 2.45. The van der Waals surface area contributed by atoms with Crippen LogP contribution in [0.1, 0.15) is 19.3 Å². The van der Waals surface area contributed by atoms with Gasteiger partial charge in [-0.25, -0.2) is 0 Å². The van der Waals surface area contributed by atoms with Gasteiger partial charge < -0.3 is 9.84 Å². The molecule has 1 fully saturated rings. The molecule has 1 saturated heterocycles. The third-order valence-corrected chi connectivity index (χ3v) is 1.47. The minimum absolute atomic E-state index is 0.0428. The van der Waals surface area contributed by atoms with Gasteiger partial charge in [0.1, 0.15) is 0 Å². The molecule has 53 valence electrons. The zero-order chi connectivity index (χ0) is 6.69. The standard InChI is InChI=1S/C6H12NO2/c7-6-3-1-2-5(4-8)9-6/h5,8H,1-4,7H2. The summed E-state index contributed by atoms with van der Waals surface area (Å²) in [6.07, 6.45) is 3.34. The second-order valence-corrected chi connectivity index (χ2v) is 2.28. The summed E-state index contributed by atoms with van der Waals surface area (Å²) < 4.78 is 5.08. The number of ether oxygens (including phenoxy) is 1. The summed E-state index contributed by atoms with van der Waals surface area (Å²) in [6, 6.07) is 0. The predicted octanol–water partition coefficient (Wildman–Crippen LogP) is -0.00401. The van der Waals surface area contributed by atoms with Crippen molar-refractivity contribution >= 4 is 0 Å². The Hall–Kier alpha value is -0.120. The largest absolute Gasteiger partial charge is 0.394 e. The lowest BCUT2D eigenvalue weighted by atomic mass is 10.1. The van der Waals surface area contributed by atoms with Gasteiger partial charge in [0, 0.05) is 0 Å². The molecule has 0 aliphatic carbocycles. The fraction of sp³-hybridized carbons (Fsp3) is 0.833. The maximum absolute atomic E-state index is 8.61. The Morgan fingerprint density at radius 1 is 1.78 bits per heavy atom. The molecular formula is C6H12NO2. The van der Waals surface area contributed by atoms with Crippen molar-refractivity contribution in [3.8, 4) is 0 Å². The van der Waals surface area contributed by atoms with E-state index in [2.05, 4.69) is 0 Å². The van der Waals surface area contributed by atoms with E-state index < -0.39 is 0 Å². The Morgan fingerprint density at radius 3 is 3.00 bits per heavy atom. The zero-order valence-corrected chi connectivity index (χ0v) is 5.34. The van der Waals surface area contributed by atoms with Gasteiger partial charge in [-0.05, 0) is 19.3 Å². The number of hydrogen-bond acceptors (Lipinski definition) is 3. The molecule has 0 aromatic heterocycles. The molecule has 0 aromatic carbocycles. The smallest absolute Gasteiger partial charge is 0.159 e. The first-order valence-corrected chi connectivity index (χ1v) is 3.21. The van der Waals surface area contributed by atoms with Crippen molar-refractivity contribution in [2.24, 2.45) is 5.73 Å². The van der Waals surface area contributed by atoms with Crippen LogP contribution in [-0.2, 0) is 4.74 Å². The van der Waals surface area contributed by atoms with E-state index in [-0.39, 0.29) is 12.7 Å². The van der Waals surface area contributed by atoms with Gasteiger partial charge in [0.15, 0.2) is 6.23 Å². The van der Waals surface area contributed by atoms with Crippen LogP contribution in [0.15, 0.2) is 0 Å². The molecule has 3 N–H and O–H groups in total. The maximum Gasteiger partial charge on any atom is 0.159 e. The molecule has 0 spiro atoms. The Balaban J connectivity index is 2.23. The highest BCUT2D eigenvalue weighted by molar-refractivity contribution is 4.77. The van der Waals surface area contributed by atoms with Crippen molar-refractivity contribution < 1.29 is 9.84 Å². The van der Waals surface area contributed by atoms with Crippen LogP contribution in [0.4, 0.5) is 0 Å². The molecule has 0 amide bonds. The second kappa shape index (κ2) is 3.15. The Morgan fingerprint density at radius 2 is 2.56 bits per heavy atom. The van der Waals surface area contributed by atoms with Crippen LogP contribution in [-0.4, -0.2) is 17.8 Å². The van der Waals surface area contributed by atoms with E-state index in [0.717, 1.165) is 19.3 Å². The minimum atomic E-state index is -0.0428. The van der Waals surface area contributed by atoms with Crippen molar-refractivity contribution in [3.63, 3.8) is 0 Å². The lowest BCUT2D eigenvalue weighted by Crippen LogP contribution is -2.29. The molecule has 1 radical (unpaired) electrons. The molecule has 1 unspecified atom stereocenters. The highest BCUT2D eigenvalue weighted by Gasteiger charge is 2.18. The van der Waals surface area contributed by atoms with E-state index in [1.54, 1.807) is 0 Å². The highest BCUT2D eigenvalue weighted by Crippen LogP contribution is 2.19. The SMILES string of the molecule is N[C]1CCCC(CO)O1. The van der Waals surface area contributed by atoms with Crippen LogP contribution in [0.5, 0.6) is 0 Å². The number of nitrogens with two attached hydrogens (primary N) is 1. The summed E-state index contributed by atoms with van der Waals surface area (Å²) in [5, 5.41) is 8.61. The van der Waals surface area contributed by atoms with Crippen molar-refractivity contribution in [1.29, 1.82) is 0 Å². The van der Waals surface area contributed by atoms with Gasteiger partial charge in [-0.1, -0.05) is 0 Å². The van der Waals surface area contributed by atoms with Crippen molar-refractivity contribution in [2.45, 2.75) is 25.4 Å². The van der Waals surface area contributed by atoms with Crippen molar-refractivity contribution in [3.05, 3.63) is 6.23 Å². The minimum Gasteiger partial charge on any atom is -0.394 e. The number of rotatable bonds is 1. The molecule has 1 aliphatic heterocycles. The van der Waals surface area contributed by atoms with Gasteiger partial charge in [0.05, 0.1) is 12.7 Å². The first-order chi connectivity index (χ1) is 4.33. The Labute approximate surface area is 54.8 Å². The van der Waals surface area contributed by atoms with E-state index >= 15 is 0 Å². The average Bonchev–Trinajstić information content (AvgIpc) is 1.88. The number of aliphatic hydroxyl groups excluding tert-OH is 1. The normalized spacial score (nSPS) is 30.7. The zero-order valence-electron chi connectivity index (χ0n) is 5.34. The average molecular weight is 130 g/mol. The second-order valence-electron chi connectivity index (χ2n) is 2.28. The van der Waals surface area contributed by atoms with Crippen LogP contribution in [0.2, 0.25) is 0 Å². The van der Waals surface area contributed by atoms with E-state index in [1.165, 1.54) is 0 Å². The lowest BCUT2D eigenvalue weighted by molar-refractivity contribution is -0.0124. The quantitative estimate of drug-likeness (QED) is 0.525. The van der Waals surface area contributed by atoms with Crippen molar-refractivity contribution in [1.82, 2.24) is 0 Å². The van der Waals surface area contributed by atoms with E-state index in [0.29, 0.717) is 6.23 Å². The molecule has 3 nitrogen and oxygen atoms in total. The third kappa shape index (κ3) is 1.93. The molecule has 0 aromatic rings. The van der Waals surface area contributed by atoms with Gasteiger partial charge in [0.25, 0.3) is 0 Å². The van der Waals surface area contributed by atoms with Gasteiger partial charge >= 0.3 is 0 Å². The molecule has 0 bridgehead atoms. The Bertz CT molecular complexity index is 87.1. The van der Waals surface area contributed by atoms with Gasteiger partial charge in [-0.3, -0.25) is 5.73 Å². The summed E-state index contributed by atoms with van der Waals surface area (Å²) in [5.74, 6) is 0. The van der Waals surface area contributed by atoms with Gasteiger partial charge in [0.2, 0.25) is 0 Å². The molecular weight excluding hydrogens is 118 g/mol. The summed E-state index contributed by atoms with van der Waals surface area (Å²) in [7, 11) is 0. The molecule has 1 heterocycles. The van der Waals surface area contributed by atoms with Crippen LogP contribution in [0, 0.1) is 6.23 Å². The van der Waals surface area contributed by atoms with E-state index in [1.807, 2.05) is 0 Å². The van der Waals surface area contributed by atoms with E-state index in [4.69, 9.17) is 15.6 Å². The number of aliphatic hydroxyl groups is 1. The topological polar surface area (TPSA) is 55.5 Å². The summed E-state index contributed by atoms with van der Waals surface area (Å²) in [4.78, 5) is 0.